The topological polar surface area (TPSA) is 134 Å². The molecule has 3 aromatic rings. The number of rotatable bonds is 7. The van der Waals surface area contributed by atoms with Gasteiger partial charge in [-0.2, -0.15) is 5.26 Å². The van der Waals surface area contributed by atoms with Crippen LogP contribution in [0.15, 0.2) is 10.2 Å². The van der Waals surface area contributed by atoms with Gasteiger partial charge in [0.15, 0.2) is 0 Å². The van der Waals surface area contributed by atoms with Crippen LogP contribution in [0.2, 0.25) is 0 Å². The van der Waals surface area contributed by atoms with Crippen LogP contribution in [0.25, 0.3) is 10.2 Å². The van der Waals surface area contributed by atoms with Crippen molar-refractivity contribution < 1.29 is 19.4 Å². The number of carbonyl (C=O) groups excluding carboxylic acids is 1. The van der Waals surface area contributed by atoms with Crippen molar-refractivity contribution in [2.75, 3.05) is 19.0 Å². The van der Waals surface area contributed by atoms with Crippen molar-refractivity contribution in [3.05, 3.63) is 43.1 Å². The van der Waals surface area contributed by atoms with Crippen molar-refractivity contribution >= 4 is 49.8 Å². The van der Waals surface area contributed by atoms with E-state index >= 15 is 0 Å². The van der Waals surface area contributed by atoms with Crippen molar-refractivity contribution in [2.24, 2.45) is 0 Å². The molecule has 0 radical (unpaired) electrons. The number of thiophene rings is 2. The molecule has 0 spiro atoms. The fourth-order valence-corrected chi connectivity index (χ4v) is 6.03. The number of nitrogens with one attached hydrogen (secondary N) is 1. The number of hydrogen-bond acceptors (Lipinski definition) is 8. The molecular weight excluding hydrogens is 452 g/mol. The first-order chi connectivity index (χ1) is 15.4. The Morgan fingerprint density at radius 3 is 2.88 bits per heavy atom. The van der Waals surface area contributed by atoms with Crippen molar-refractivity contribution in [2.45, 2.75) is 38.6 Å². The molecule has 4 rings (SSSR count). The summed E-state index contributed by atoms with van der Waals surface area (Å²) in [4.78, 5) is 43.4. The zero-order chi connectivity index (χ0) is 22.8. The standard InChI is InChI=1S/C21H20N4O5S2/c1-30-7-6-15-23-19-17(13(10-31-19)21(28)29)20(27)25(15)9-16(26)24-18-12(8-22)11-4-2-3-5-14(11)32-18/h10H,2-7,9H2,1H3,(H,24,26)(H,28,29). The fourth-order valence-electron chi connectivity index (χ4n) is 3.85. The highest BCUT2D eigenvalue weighted by molar-refractivity contribution is 7.17. The van der Waals surface area contributed by atoms with E-state index in [4.69, 9.17) is 4.74 Å². The maximum absolute atomic E-state index is 13.2. The minimum Gasteiger partial charge on any atom is -0.478 e. The van der Waals surface area contributed by atoms with Crippen LogP contribution in [-0.4, -0.2) is 40.3 Å². The lowest BCUT2D eigenvalue weighted by atomic mass is 9.96. The molecule has 9 nitrogen and oxygen atoms in total. The van der Waals surface area contributed by atoms with Gasteiger partial charge in [-0.3, -0.25) is 14.2 Å². The molecule has 1 aliphatic carbocycles. The molecule has 32 heavy (non-hydrogen) atoms. The summed E-state index contributed by atoms with van der Waals surface area (Å²) in [5.74, 6) is -1.36. The van der Waals surface area contributed by atoms with E-state index in [0.717, 1.165) is 47.5 Å². The molecule has 0 aliphatic heterocycles. The molecule has 0 bridgehead atoms. The van der Waals surface area contributed by atoms with Gasteiger partial charge in [-0.15, -0.1) is 22.7 Å². The van der Waals surface area contributed by atoms with E-state index in [-0.39, 0.29) is 30.5 Å². The molecule has 3 heterocycles. The molecule has 0 saturated carbocycles. The largest absolute Gasteiger partial charge is 0.478 e. The number of anilines is 1. The van der Waals surface area contributed by atoms with Crippen molar-refractivity contribution in [3.63, 3.8) is 0 Å². The van der Waals surface area contributed by atoms with Crippen molar-refractivity contribution in [3.8, 4) is 6.07 Å². The fraction of sp³-hybridized carbons (Fsp3) is 0.381. The van der Waals surface area contributed by atoms with Gasteiger partial charge < -0.3 is 15.2 Å². The second-order valence-corrected chi connectivity index (χ2v) is 9.34. The van der Waals surface area contributed by atoms with Gasteiger partial charge >= 0.3 is 5.97 Å². The van der Waals surface area contributed by atoms with Crippen LogP contribution in [0, 0.1) is 11.3 Å². The second kappa shape index (κ2) is 9.20. The quantitative estimate of drug-likeness (QED) is 0.540. The molecule has 3 aromatic heterocycles. The Bertz CT molecular complexity index is 1310. The molecule has 0 saturated heterocycles. The number of carboxylic acid groups (broad SMARTS) is 1. The number of aromatic nitrogens is 2. The van der Waals surface area contributed by atoms with E-state index in [1.807, 2.05) is 0 Å². The van der Waals surface area contributed by atoms with Crippen LogP contribution >= 0.6 is 22.7 Å². The van der Waals surface area contributed by atoms with Crippen molar-refractivity contribution in [1.82, 2.24) is 9.55 Å². The van der Waals surface area contributed by atoms with Crippen LogP contribution in [-0.2, 0) is 35.3 Å². The highest BCUT2D eigenvalue weighted by Gasteiger charge is 2.24. The SMILES string of the molecule is COCCc1nc2scc(C(=O)O)c2c(=O)n1CC(=O)Nc1sc2c(c1C#N)CCCC2. The van der Waals surface area contributed by atoms with Crippen LogP contribution in [0.4, 0.5) is 5.00 Å². The molecule has 0 aromatic carbocycles. The average Bonchev–Trinajstić information content (AvgIpc) is 3.35. The first-order valence-corrected chi connectivity index (χ1v) is 11.7. The highest BCUT2D eigenvalue weighted by Crippen LogP contribution is 2.37. The first-order valence-electron chi connectivity index (χ1n) is 10.0. The van der Waals surface area contributed by atoms with Gasteiger partial charge in [0.05, 0.1) is 23.1 Å². The molecule has 1 amide bonds. The Labute approximate surface area is 190 Å². The third kappa shape index (κ3) is 4.04. The van der Waals surface area contributed by atoms with Gasteiger partial charge in [0.25, 0.3) is 5.56 Å². The molecule has 166 valence electrons. The molecule has 11 heteroatoms. The number of hydrogen-bond donors (Lipinski definition) is 2. The highest BCUT2D eigenvalue weighted by atomic mass is 32.1. The lowest BCUT2D eigenvalue weighted by Gasteiger charge is -2.12. The maximum atomic E-state index is 13.2. The zero-order valence-corrected chi connectivity index (χ0v) is 18.9. The van der Waals surface area contributed by atoms with Crippen molar-refractivity contribution in [1.29, 1.82) is 5.26 Å². The minimum atomic E-state index is -1.22. The Hall–Kier alpha value is -3.07. The molecule has 2 N–H and O–H groups in total. The van der Waals surface area contributed by atoms with Crippen LogP contribution in [0.1, 0.15) is 45.0 Å². The number of fused-ring (bicyclic) bond motifs is 2. The summed E-state index contributed by atoms with van der Waals surface area (Å²) >= 11 is 2.48. The summed E-state index contributed by atoms with van der Waals surface area (Å²) < 4.78 is 6.28. The molecule has 0 atom stereocenters. The Morgan fingerprint density at radius 2 is 2.16 bits per heavy atom. The van der Waals surface area contributed by atoms with E-state index in [1.54, 1.807) is 0 Å². The van der Waals surface area contributed by atoms with E-state index in [1.165, 1.54) is 28.4 Å². The first kappa shape index (κ1) is 22.1. The van der Waals surface area contributed by atoms with E-state index in [2.05, 4.69) is 16.4 Å². The number of nitriles is 1. The van der Waals surface area contributed by atoms with Gasteiger partial charge in [0, 0.05) is 23.8 Å². The van der Waals surface area contributed by atoms with Gasteiger partial charge in [-0.1, -0.05) is 0 Å². The predicted molar refractivity (Wildman–Crippen MR) is 121 cm³/mol. The number of amides is 1. The summed E-state index contributed by atoms with van der Waals surface area (Å²) in [5.41, 5.74) is 0.780. The summed E-state index contributed by atoms with van der Waals surface area (Å²) in [6.45, 7) is -0.0594. The van der Waals surface area contributed by atoms with E-state index in [9.17, 15) is 24.8 Å². The molecule has 0 unspecified atom stereocenters. The van der Waals surface area contributed by atoms with Gasteiger partial charge in [-0.25, -0.2) is 9.78 Å². The van der Waals surface area contributed by atoms with E-state index < -0.39 is 17.4 Å². The number of carboxylic acids is 1. The summed E-state index contributed by atoms with van der Waals surface area (Å²) in [6.07, 6.45) is 4.07. The van der Waals surface area contributed by atoms with Crippen LogP contribution < -0.4 is 10.9 Å². The summed E-state index contributed by atoms with van der Waals surface area (Å²) in [6, 6.07) is 2.20. The number of methoxy groups -OCH3 is 1. The Balaban J connectivity index is 1.69. The predicted octanol–water partition coefficient (Wildman–Crippen LogP) is 2.80. The molecule has 0 fully saturated rings. The molecule has 1 aliphatic rings. The minimum absolute atomic E-state index is 0.0132. The van der Waals surface area contributed by atoms with Crippen LogP contribution in [0.5, 0.6) is 0 Å². The number of aryl methyl sites for hydroxylation is 1. The lowest BCUT2D eigenvalue weighted by molar-refractivity contribution is -0.116. The third-order valence-electron chi connectivity index (χ3n) is 5.37. The van der Waals surface area contributed by atoms with Crippen LogP contribution in [0.3, 0.4) is 0 Å². The number of carbonyl (C=O) groups is 2. The van der Waals surface area contributed by atoms with Gasteiger partial charge in [-0.05, 0) is 31.2 Å². The lowest BCUT2D eigenvalue weighted by Crippen LogP contribution is -2.32. The Kier molecular flexibility index (Phi) is 6.36. The number of ether oxygens (including phenoxy) is 1. The number of aromatic carboxylic acids is 1. The maximum Gasteiger partial charge on any atom is 0.337 e. The molecular formula is C21H20N4O5S2. The van der Waals surface area contributed by atoms with Gasteiger partial charge in [0.1, 0.15) is 28.3 Å². The zero-order valence-electron chi connectivity index (χ0n) is 17.3. The average molecular weight is 473 g/mol. The number of nitrogens with zero attached hydrogens (tertiary/aromatic N) is 3. The smallest absolute Gasteiger partial charge is 0.337 e. The normalized spacial score (nSPS) is 13.0. The monoisotopic (exact) mass is 472 g/mol. The van der Waals surface area contributed by atoms with Gasteiger partial charge in [0.2, 0.25) is 5.91 Å². The third-order valence-corrected chi connectivity index (χ3v) is 7.45. The summed E-state index contributed by atoms with van der Waals surface area (Å²) in [7, 11) is 1.52. The summed E-state index contributed by atoms with van der Waals surface area (Å²) in [5, 5.41) is 23.7. The van der Waals surface area contributed by atoms with E-state index in [0.29, 0.717) is 21.2 Å². The Morgan fingerprint density at radius 1 is 1.38 bits per heavy atom. The second-order valence-electron chi connectivity index (χ2n) is 7.37.